The van der Waals surface area contributed by atoms with Crippen molar-refractivity contribution in [2.75, 3.05) is 10.6 Å². The fourth-order valence-corrected chi connectivity index (χ4v) is 2.86. The summed E-state index contributed by atoms with van der Waals surface area (Å²) in [5.74, 6) is -0.346. The third-order valence-electron chi connectivity index (χ3n) is 4.18. The molecule has 1 heterocycles. The van der Waals surface area contributed by atoms with Crippen molar-refractivity contribution in [2.24, 2.45) is 0 Å². The van der Waals surface area contributed by atoms with Gasteiger partial charge in [-0.2, -0.15) is 5.10 Å². The van der Waals surface area contributed by atoms with E-state index in [1.54, 1.807) is 30.3 Å². The predicted octanol–water partition coefficient (Wildman–Crippen LogP) is 3.29. The molecule has 0 aliphatic carbocycles. The molecular weight excluding hydrogens is 368 g/mol. The Morgan fingerprint density at radius 2 is 1.66 bits per heavy atom. The van der Waals surface area contributed by atoms with Crippen LogP contribution in [0.2, 0.25) is 0 Å². The zero-order valence-electron chi connectivity index (χ0n) is 16.1. The minimum absolute atomic E-state index is 0.169. The molecule has 0 fully saturated rings. The summed E-state index contributed by atoms with van der Waals surface area (Å²) in [6.07, 6.45) is 0.719. The van der Waals surface area contributed by atoms with E-state index in [-0.39, 0.29) is 23.8 Å². The van der Waals surface area contributed by atoms with E-state index in [4.69, 9.17) is 0 Å². The standard InChI is InChI=1S/C22H22N4O3/c1-16(27)23-18-9-5-10-19(15-18)24-21(28)11-6-14-26-22(29)13-12-20(25-26)17-7-3-2-4-8-17/h2-5,7-10,12-13,15H,6,11,14H2,1H3,(H,23,27)(H,24,28). The second kappa shape index (κ2) is 9.45. The number of rotatable bonds is 7. The first-order chi connectivity index (χ1) is 14.0. The largest absolute Gasteiger partial charge is 0.326 e. The molecular formula is C22H22N4O3. The van der Waals surface area contributed by atoms with Gasteiger partial charge in [0.2, 0.25) is 11.8 Å². The topological polar surface area (TPSA) is 93.1 Å². The van der Waals surface area contributed by atoms with Crippen molar-refractivity contribution >= 4 is 23.2 Å². The average Bonchev–Trinajstić information content (AvgIpc) is 2.70. The number of nitrogens with one attached hydrogen (secondary N) is 2. The van der Waals surface area contributed by atoms with Crippen LogP contribution in [0.4, 0.5) is 11.4 Å². The number of aryl methyl sites for hydroxylation is 1. The molecule has 3 aromatic rings. The zero-order valence-corrected chi connectivity index (χ0v) is 16.1. The van der Waals surface area contributed by atoms with E-state index in [0.29, 0.717) is 30.0 Å². The molecule has 0 spiro atoms. The van der Waals surface area contributed by atoms with Crippen molar-refractivity contribution in [2.45, 2.75) is 26.3 Å². The molecule has 2 aromatic carbocycles. The fraction of sp³-hybridized carbons (Fsp3) is 0.182. The number of carbonyl (C=O) groups excluding carboxylic acids is 2. The van der Waals surface area contributed by atoms with E-state index >= 15 is 0 Å². The molecule has 0 atom stereocenters. The molecule has 0 aliphatic heterocycles. The minimum atomic E-state index is -0.201. The molecule has 7 nitrogen and oxygen atoms in total. The highest BCUT2D eigenvalue weighted by atomic mass is 16.2. The highest BCUT2D eigenvalue weighted by molar-refractivity contribution is 5.93. The number of aromatic nitrogens is 2. The van der Waals surface area contributed by atoms with Crippen molar-refractivity contribution in [1.29, 1.82) is 0 Å². The van der Waals surface area contributed by atoms with Gasteiger partial charge in [0, 0.05) is 42.9 Å². The number of anilines is 2. The monoisotopic (exact) mass is 390 g/mol. The van der Waals surface area contributed by atoms with Gasteiger partial charge in [-0.1, -0.05) is 36.4 Å². The first-order valence-electron chi connectivity index (χ1n) is 9.32. The molecule has 0 aliphatic rings. The maximum absolute atomic E-state index is 12.2. The molecule has 0 bridgehead atoms. The molecule has 3 rings (SSSR count). The molecule has 2 amide bonds. The molecule has 148 valence electrons. The molecule has 0 unspecified atom stereocenters. The molecule has 2 N–H and O–H groups in total. The van der Waals surface area contributed by atoms with Gasteiger partial charge in [-0.3, -0.25) is 14.4 Å². The Balaban J connectivity index is 1.57. The quantitative estimate of drug-likeness (QED) is 0.647. The number of amides is 2. The van der Waals surface area contributed by atoms with Crippen LogP contribution in [-0.2, 0) is 16.1 Å². The van der Waals surface area contributed by atoms with Crippen LogP contribution in [0.5, 0.6) is 0 Å². The van der Waals surface area contributed by atoms with Gasteiger partial charge >= 0.3 is 0 Å². The Bertz CT molecular complexity index is 1060. The van der Waals surface area contributed by atoms with Crippen molar-refractivity contribution in [3.63, 3.8) is 0 Å². The first-order valence-corrected chi connectivity index (χ1v) is 9.32. The summed E-state index contributed by atoms with van der Waals surface area (Å²) >= 11 is 0. The van der Waals surface area contributed by atoms with E-state index in [1.807, 2.05) is 30.3 Å². The SMILES string of the molecule is CC(=O)Nc1cccc(NC(=O)CCCn2nc(-c3ccccc3)ccc2=O)c1. The van der Waals surface area contributed by atoms with Gasteiger partial charge in [-0.15, -0.1) is 0 Å². The van der Waals surface area contributed by atoms with E-state index in [1.165, 1.54) is 17.7 Å². The van der Waals surface area contributed by atoms with Crippen LogP contribution in [0, 0.1) is 0 Å². The molecule has 1 aromatic heterocycles. The van der Waals surface area contributed by atoms with Gasteiger partial charge in [-0.25, -0.2) is 4.68 Å². The van der Waals surface area contributed by atoms with Crippen molar-refractivity contribution in [3.05, 3.63) is 77.1 Å². The summed E-state index contributed by atoms with van der Waals surface area (Å²) in [5.41, 5.74) is 2.65. The lowest BCUT2D eigenvalue weighted by Gasteiger charge is -2.09. The highest BCUT2D eigenvalue weighted by Crippen LogP contribution is 2.16. The van der Waals surface area contributed by atoms with Crippen molar-refractivity contribution in [3.8, 4) is 11.3 Å². The number of carbonyl (C=O) groups is 2. The fourth-order valence-electron chi connectivity index (χ4n) is 2.86. The van der Waals surface area contributed by atoms with Gasteiger partial charge in [0.15, 0.2) is 0 Å². The van der Waals surface area contributed by atoms with Crippen molar-refractivity contribution in [1.82, 2.24) is 9.78 Å². The van der Waals surface area contributed by atoms with Crippen LogP contribution in [0.1, 0.15) is 19.8 Å². The first kappa shape index (κ1) is 20.0. The summed E-state index contributed by atoms with van der Waals surface area (Å²) in [4.78, 5) is 35.4. The Morgan fingerprint density at radius 1 is 0.931 bits per heavy atom. The molecule has 7 heteroatoms. The third-order valence-corrected chi connectivity index (χ3v) is 4.18. The molecule has 0 radical (unpaired) electrons. The van der Waals surface area contributed by atoms with E-state index in [9.17, 15) is 14.4 Å². The van der Waals surface area contributed by atoms with Crippen molar-refractivity contribution < 1.29 is 9.59 Å². The van der Waals surface area contributed by atoms with Crippen LogP contribution in [-0.4, -0.2) is 21.6 Å². The molecule has 29 heavy (non-hydrogen) atoms. The van der Waals surface area contributed by atoms with E-state index in [2.05, 4.69) is 15.7 Å². The zero-order chi connectivity index (χ0) is 20.6. The minimum Gasteiger partial charge on any atom is -0.326 e. The van der Waals surface area contributed by atoms with Gasteiger partial charge in [-0.05, 0) is 30.7 Å². The lowest BCUT2D eigenvalue weighted by Crippen LogP contribution is -2.23. The average molecular weight is 390 g/mol. The summed E-state index contributed by atoms with van der Waals surface area (Å²) in [5, 5.41) is 9.86. The maximum atomic E-state index is 12.2. The van der Waals surface area contributed by atoms with Gasteiger partial charge in [0.05, 0.1) is 5.69 Å². The number of nitrogens with zero attached hydrogens (tertiary/aromatic N) is 2. The van der Waals surface area contributed by atoms with Crippen LogP contribution < -0.4 is 16.2 Å². The van der Waals surface area contributed by atoms with Gasteiger partial charge in [0.1, 0.15) is 0 Å². The van der Waals surface area contributed by atoms with Crippen LogP contribution in [0.3, 0.4) is 0 Å². The Morgan fingerprint density at radius 3 is 2.38 bits per heavy atom. The van der Waals surface area contributed by atoms with Gasteiger partial charge in [0.25, 0.3) is 5.56 Å². The lowest BCUT2D eigenvalue weighted by atomic mass is 10.1. The predicted molar refractivity (Wildman–Crippen MR) is 113 cm³/mol. The Kier molecular flexibility index (Phi) is 6.52. The van der Waals surface area contributed by atoms with E-state index in [0.717, 1.165) is 5.56 Å². The smallest absolute Gasteiger partial charge is 0.266 e. The number of benzene rings is 2. The van der Waals surface area contributed by atoms with Crippen LogP contribution >= 0.6 is 0 Å². The third kappa shape index (κ3) is 5.87. The Hall–Kier alpha value is -3.74. The second-order valence-electron chi connectivity index (χ2n) is 6.56. The molecule has 0 saturated carbocycles. The summed E-state index contributed by atoms with van der Waals surface area (Å²) in [7, 11) is 0. The maximum Gasteiger partial charge on any atom is 0.266 e. The summed E-state index contributed by atoms with van der Waals surface area (Å²) < 4.78 is 1.38. The summed E-state index contributed by atoms with van der Waals surface area (Å²) in [6.45, 7) is 1.77. The molecule has 0 saturated heterocycles. The van der Waals surface area contributed by atoms with E-state index < -0.39 is 0 Å². The van der Waals surface area contributed by atoms with Crippen LogP contribution in [0.15, 0.2) is 71.5 Å². The number of hydrogen-bond donors (Lipinski definition) is 2. The lowest BCUT2D eigenvalue weighted by molar-refractivity contribution is -0.116. The van der Waals surface area contributed by atoms with Crippen LogP contribution in [0.25, 0.3) is 11.3 Å². The highest BCUT2D eigenvalue weighted by Gasteiger charge is 2.07. The summed E-state index contributed by atoms with van der Waals surface area (Å²) in [6, 6.07) is 19.7. The normalized spacial score (nSPS) is 10.4. The van der Waals surface area contributed by atoms with Gasteiger partial charge < -0.3 is 10.6 Å². The number of hydrogen-bond acceptors (Lipinski definition) is 4. The Labute approximate surface area is 168 Å². The second-order valence-corrected chi connectivity index (χ2v) is 6.56.